The van der Waals surface area contributed by atoms with E-state index in [4.69, 9.17) is 16.3 Å². The molecule has 0 radical (unpaired) electrons. The summed E-state index contributed by atoms with van der Waals surface area (Å²) in [6.07, 6.45) is -0.806. The van der Waals surface area contributed by atoms with Gasteiger partial charge in [0, 0.05) is 34.3 Å². The minimum atomic E-state index is -4.98. The lowest BCUT2D eigenvalue weighted by atomic mass is 9.56. The molecule has 2 aromatic carbocycles. The van der Waals surface area contributed by atoms with Crippen LogP contribution in [0.2, 0.25) is 5.02 Å². The van der Waals surface area contributed by atoms with Crippen molar-refractivity contribution in [3.8, 4) is 5.75 Å². The molecule has 2 unspecified atom stereocenters. The molecule has 0 amide bonds. The fourth-order valence-corrected chi connectivity index (χ4v) is 6.34. The highest BCUT2D eigenvalue weighted by Crippen LogP contribution is 2.61. The second-order valence-electron chi connectivity index (χ2n) is 9.87. The number of nitrogens with zero attached hydrogens (tertiary/aromatic N) is 2. The molecule has 10 heteroatoms. The molecule has 2 N–H and O–H groups in total. The molecule has 1 spiro atoms. The van der Waals surface area contributed by atoms with Crippen molar-refractivity contribution in [3.05, 3.63) is 58.3 Å². The molecule has 3 aromatic rings. The molecule has 5 rings (SSSR count). The lowest BCUT2D eigenvalue weighted by Crippen LogP contribution is -2.59. The molecular formula is C26H26ClF4N3O2. The Hall–Kier alpha value is -2.65. The number of alkyl halides is 3. The highest BCUT2D eigenvalue weighted by atomic mass is 35.5. The Kier molecular flexibility index (Phi) is 6.07. The van der Waals surface area contributed by atoms with Crippen LogP contribution in [0.4, 0.5) is 23.2 Å². The van der Waals surface area contributed by atoms with Crippen LogP contribution < -0.4 is 10.1 Å². The standard InChI is InChI=1S/C26H26ClF4N3O2/c1-14-32-12-17-19(33-14)10-15(28)11-20(17)34-23-16-6-7-18(27)22(36-2)21(16)24(8-4-3-5-9-24)13-25(23,35)26(29,30)31/h6-7,10-12,23,34-35H,3-5,8-9,13H2,1-2H3. The van der Waals surface area contributed by atoms with Crippen molar-refractivity contribution >= 4 is 28.2 Å². The molecular weight excluding hydrogens is 498 g/mol. The minimum Gasteiger partial charge on any atom is -0.495 e. The summed E-state index contributed by atoms with van der Waals surface area (Å²) in [5, 5.41) is 15.0. The third-order valence-electron chi connectivity index (χ3n) is 7.66. The average molecular weight is 524 g/mol. The quantitative estimate of drug-likeness (QED) is 0.370. The van der Waals surface area contributed by atoms with Gasteiger partial charge >= 0.3 is 6.18 Å². The molecule has 1 aromatic heterocycles. The van der Waals surface area contributed by atoms with E-state index in [-0.39, 0.29) is 21.8 Å². The van der Waals surface area contributed by atoms with Crippen LogP contribution >= 0.6 is 11.6 Å². The molecule has 5 nitrogen and oxygen atoms in total. The van der Waals surface area contributed by atoms with E-state index in [2.05, 4.69) is 15.3 Å². The maximum atomic E-state index is 14.8. The lowest BCUT2D eigenvalue weighted by molar-refractivity contribution is -0.277. The van der Waals surface area contributed by atoms with Crippen molar-refractivity contribution in [3.63, 3.8) is 0 Å². The molecule has 36 heavy (non-hydrogen) atoms. The Morgan fingerprint density at radius 3 is 2.56 bits per heavy atom. The van der Waals surface area contributed by atoms with E-state index >= 15 is 0 Å². The molecule has 1 heterocycles. The van der Waals surface area contributed by atoms with Crippen LogP contribution in [0.15, 0.2) is 30.5 Å². The van der Waals surface area contributed by atoms with Gasteiger partial charge in [0.25, 0.3) is 0 Å². The van der Waals surface area contributed by atoms with Gasteiger partial charge in [-0.1, -0.05) is 36.9 Å². The number of nitrogens with one attached hydrogen (secondary N) is 1. The Bertz CT molecular complexity index is 1320. The lowest BCUT2D eigenvalue weighted by Gasteiger charge is -2.53. The summed E-state index contributed by atoms with van der Waals surface area (Å²) in [5.74, 6) is 0.0368. The predicted octanol–water partition coefficient (Wildman–Crippen LogP) is 6.79. The molecule has 2 aliphatic rings. The van der Waals surface area contributed by atoms with E-state index in [1.165, 1.54) is 31.5 Å². The van der Waals surface area contributed by atoms with Gasteiger partial charge in [-0.15, -0.1) is 0 Å². The number of hydrogen-bond donors (Lipinski definition) is 2. The average Bonchev–Trinajstić information content (AvgIpc) is 2.81. The van der Waals surface area contributed by atoms with Gasteiger partial charge in [0.05, 0.1) is 23.7 Å². The van der Waals surface area contributed by atoms with Gasteiger partial charge in [-0.25, -0.2) is 14.4 Å². The smallest absolute Gasteiger partial charge is 0.419 e. The van der Waals surface area contributed by atoms with Crippen molar-refractivity contribution in [2.45, 2.75) is 68.7 Å². The van der Waals surface area contributed by atoms with E-state index in [0.717, 1.165) is 25.3 Å². The Balaban J connectivity index is 1.77. The normalized spacial score (nSPS) is 23.5. The highest BCUT2D eigenvalue weighted by molar-refractivity contribution is 6.32. The van der Waals surface area contributed by atoms with Crippen LogP contribution in [0.3, 0.4) is 0 Å². The van der Waals surface area contributed by atoms with E-state index in [1.807, 2.05) is 0 Å². The van der Waals surface area contributed by atoms with Crippen LogP contribution in [0.25, 0.3) is 10.9 Å². The summed E-state index contributed by atoms with van der Waals surface area (Å²) in [5.41, 5.74) is -2.99. The van der Waals surface area contributed by atoms with Crippen molar-refractivity contribution < 1.29 is 27.4 Å². The number of rotatable bonds is 3. The number of anilines is 1. The first-order chi connectivity index (χ1) is 17.0. The number of hydrogen-bond acceptors (Lipinski definition) is 5. The van der Waals surface area contributed by atoms with Crippen LogP contribution in [-0.2, 0) is 5.41 Å². The number of methoxy groups -OCH3 is 1. The van der Waals surface area contributed by atoms with Crippen LogP contribution in [0.1, 0.15) is 61.5 Å². The number of benzene rings is 2. The molecule has 2 atom stereocenters. The van der Waals surface area contributed by atoms with Crippen LogP contribution in [0.5, 0.6) is 5.75 Å². The maximum absolute atomic E-state index is 14.8. The summed E-state index contributed by atoms with van der Waals surface area (Å²) in [4.78, 5) is 8.35. The number of fused-ring (bicyclic) bond motifs is 3. The molecule has 0 saturated heterocycles. The summed E-state index contributed by atoms with van der Waals surface area (Å²) in [6, 6.07) is 3.61. The van der Waals surface area contributed by atoms with E-state index in [9.17, 15) is 22.7 Å². The fraction of sp³-hybridized carbons (Fsp3) is 0.462. The minimum absolute atomic E-state index is 0.0529. The monoisotopic (exact) mass is 523 g/mol. The Morgan fingerprint density at radius 1 is 1.17 bits per heavy atom. The van der Waals surface area contributed by atoms with Crippen LogP contribution in [0, 0.1) is 12.7 Å². The summed E-state index contributed by atoms with van der Waals surface area (Å²) < 4.78 is 64.5. The molecule has 0 bridgehead atoms. The van der Waals surface area contributed by atoms with Gasteiger partial charge in [-0.3, -0.25) is 0 Å². The molecule has 1 saturated carbocycles. The van der Waals surface area contributed by atoms with Gasteiger partial charge < -0.3 is 15.2 Å². The van der Waals surface area contributed by atoms with Gasteiger partial charge in [-0.2, -0.15) is 13.2 Å². The number of ether oxygens (including phenoxy) is 1. The number of aliphatic hydroxyl groups is 1. The Labute approximate surface area is 210 Å². The Morgan fingerprint density at radius 2 is 1.89 bits per heavy atom. The van der Waals surface area contributed by atoms with Crippen molar-refractivity contribution in [2.75, 3.05) is 12.4 Å². The van der Waals surface area contributed by atoms with E-state index in [0.29, 0.717) is 35.4 Å². The molecule has 192 valence electrons. The summed E-state index contributed by atoms with van der Waals surface area (Å²) >= 11 is 6.45. The molecule has 0 aliphatic heterocycles. The summed E-state index contributed by atoms with van der Waals surface area (Å²) in [7, 11) is 1.44. The van der Waals surface area contributed by atoms with Gasteiger partial charge in [-0.05, 0) is 43.9 Å². The number of aromatic nitrogens is 2. The first kappa shape index (κ1) is 25.0. The maximum Gasteiger partial charge on any atom is 0.419 e. The van der Waals surface area contributed by atoms with Crippen molar-refractivity contribution in [2.24, 2.45) is 0 Å². The summed E-state index contributed by atoms with van der Waals surface area (Å²) in [6.45, 7) is 1.64. The fourth-order valence-electron chi connectivity index (χ4n) is 6.11. The third-order valence-corrected chi connectivity index (χ3v) is 7.96. The highest BCUT2D eigenvalue weighted by Gasteiger charge is 2.66. The zero-order chi connectivity index (χ0) is 25.9. The first-order valence-corrected chi connectivity index (χ1v) is 12.2. The zero-order valence-electron chi connectivity index (χ0n) is 19.8. The van der Waals surface area contributed by atoms with Gasteiger partial charge in [0.1, 0.15) is 17.4 Å². The second kappa shape index (κ2) is 8.73. The van der Waals surface area contributed by atoms with Gasteiger partial charge in [0.2, 0.25) is 0 Å². The molecule has 1 fully saturated rings. The second-order valence-corrected chi connectivity index (χ2v) is 10.3. The topological polar surface area (TPSA) is 67.3 Å². The number of halogens is 5. The van der Waals surface area contributed by atoms with Gasteiger partial charge in [0.15, 0.2) is 5.60 Å². The predicted molar refractivity (Wildman–Crippen MR) is 129 cm³/mol. The first-order valence-electron chi connectivity index (χ1n) is 11.8. The van der Waals surface area contributed by atoms with E-state index in [1.54, 1.807) is 6.92 Å². The van der Waals surface area contributed by atoms with Crippen molar-refractivity contribution in [1.82, 2.24) is 9.97 Å². The zero-order valence-corrected chi connectivity index (χ0v) is 20.6. The van der Waals surface area contributed by atoms with E-state index < -0.39 is 35.5 Å². The molecule has 2 aliphatic carbocycles. The number of aryl methyl sites for hydroxylation is 1. The third kappa shape index (κ3) is 3.87. The van der Waals surface area contributed by atoms with Crippen LogP contribution in [-0.4, -0.2) is 34.0 Å². The van der Waals surface area contributed by atoms with Crippen molar-refractivity contribution in [1.29, 1.82) is 0 Å². The SMILES string of the molecule is COc1c(Cl)ccc2c1C1(CCCCC1)CC(O)(C(F)(F)F)C2Nc1cc(F)cc2nc(C)ncc12. The largest absolute Gasteiger partial charge is 0.495 e.